The van der Waals surface area contributed by atoms with E-state index in [1.54, 1.807) is 56.3 Å². The summed E-state index contributed by atoms with van der Waals surface area (Å²) >= 11 is 8.51. The number of amides is 3. The molecule has 0 bridgehead atoms. The van der Waals surface area contributed by atoms with Crippen LogP contribution in [-0.4, -0.2) is 29.4 Å². The van der Waals surface area contributed by atoms with Crippen LogP contribution in [0.25, 0.3) is 0 Å². The lowest BCUT2D eigenvalue weighted by Crippen LogP contribution is -2.48. The Hall–Kier alpha value is -2.98. The molecule has 2 aromatic rings. The van der Waals surface area contributed by atoms with Crippen molar-refractivity contribution in [1.29, 1.82) is 0 Å². The molecule has 182 valence electrons. The monoisotopic (exact) mass is 548 g/mol. The normalized spacial score (nSPS) is 10.6. The van der Waals surface area contributed by atoms with Crippen molar-refractivity contribution in [3.63, 3.8) is 0 Å². The Kier molecular flexibility index (Phi) is 10.5. The van der Waals surface area contributed by atoms with Gasteiger partial charge in [0.1, 0.15) is 5.75 Å². The van der Waals surface area contributed by atoms with Crippen LogP contribution >= 0.6 is 28.1 Å². The van der Waals surface area contributed by atoms with Gasteiger partial charge >= 0.3 is 0 Å². The van der Waals surface area contributed by atoms with E-state index in [9.17, 15) is 14.4 Å². The van der Waals surface area contributed by atoms with Crippen molar-refractivity contribution < 1.29 is 19.1 Å². The van der Waals surface area contributed by atoms with Gasteiger partial charge in [-0.1, -0.05) is 27.7 Å². The highest BCUT2D eigenvalue weighted by molar-refractivity contribution is 9.10. The third-order valence-electron chi connectivity index (χ3n) is 4.60. The minimum Gasteiger partial charge on any atom is -0.492 e. The number of nitrogens with one attached hydrogen (secondary N) is 4. The minimum absolute atomic E-state index is 0.0625. The topological polar surface area (TPSA) is 109 Å². The number of ether oxygens (including phenoxy) is 1. The number of carbonyl (C=O) groups is 3. The SMILES string of the molecule is CC(C)CCOc1ccc(C(=O)NC(=S)NNC(=O)c2ccc(NC(=O)C(C)C)cc2)cc1Br. The first kappa shape index (κ1) is 27.3. The van der Waals surface area contributed by atoms with Gasteiger partial charge in [0.15, 0.2) is 5.11 Å². The molecule has 0 aromatic heterocycles. The fourth-order valence-electron chi connectivity index (χ4n) is 2.55. The third-order valence-corrected chi connectivity index (χ3v) is 5.43. The van der Waals surface area contributed by atoms with Crippen LogP contribution < -0.4 is 26.2 Å². The first-order valence-corrected chi connectivity index (χ1v) is 12.0. The average molecular weight is 549 g/mol. The van der Waals surface area contributed by atoms with Crippen LogP contribution in [0.15, 0.2) is 46.9 Å². The van der Waals surface area contributed by atoms with Crippen molar-refractivity contribution in [2.75, 3.05) is 11.9 Å². The predicted molar refractivity (Wildman–Crippen MR) is 140 cm³/mol. The molecule has 3 amide bonds. The Labute approximate surface area is 213 Å². The van der Waals surface area contributed by atoms with Crippen LogP contribution in [-0.2, 0) is 4.79 Å². The predicted octanol–water partition coefficient (Wildman–Crippen LogP) is 4.42. The second-order valence-electron chi connectivity index (χ2n) is 8.26. The van der Waals surface area contributed by atoms with Crippen LogP contribution in [0.3, 0.4) is 0 Å². The van der Waals surface area contributed by atoms with Crippen molar-refractivity contribution in [2.45, 2.75) is 34.1 Å². The summed E-state index contributed by atoms with van der Waals surface area (Å²) in [6, 6.07) is 11.4. The van der Waals surface area contributed by atoms with E-state index in [4.69, 9.17) is 17.0 Å². The number of benzene rings is 2. The van der Waals surface area contributed by atoms with Gasteiger partial charge in [0.05, 0.1) is 11.1 Å². The second-order valence-corrected chi connectivity index (χ2v) is 9.52. The molecule has 2 aromatic carbocycles. The van der Waals surface area contributed by atoms with E-state index >= 15 is 0 Å². The molecule has 0 spiro atoms. The first-order chi connectivity index (χ1) is 16.1. The standard InChI is InChI=1S/C24H29BrN4O4S/c1-14(2)11-12-33-20-10-7-17(13-19(20)25)22(31)27-24(34)29-28-23(32)16-5-8-18(9-6-16)26-21(30)15(3)4/h5-10,13-15H,11-12H2,1-4H3,(H,26,30)(H,28,32)(H2,27,29,31,34). The Bertz CT molecular complexity index is 1040. The highest BCUT2D eigenvalue weighted by Gasteiger charge is 2.13. The van der Waals surface area contributed by atoms with Crippen molar-refractivity contribution in [2.24, 2.45) is 11.8 Å². The van der Waals surface area contributed by atoms with Crippen molar-refractivity contribution in [3.05, 3.63) is 58.1 Å². The molecule has 0 aliphatic rings. The lowest BCUT2D eigenvalue weighted by molar-refractivity contribution is -0.118. The summed E-state index contributed by atoms with van der Waals surface area (Å²) in [5.74, 6) is 0.0377. The van der Waals surface area contributed by atoms with E-state index in [0.29, 0.717) is 39.6 Å². The number of carbonyl (C=O) groups excluding carboxylic acids is 3. The zero-order valence-electron chi connectivity index (χ0n) is 19.5. The molecule has 8 nitrogen and oxygen atoms in total. The van der Waals surface area contributed by atoms with E-state index in [-0.39, 0.29) is 16.9 Å². The van der Waals surface area contributed by atoms with Crippen LogP contribution in [0, 0.1) is 11.8 Å². The number of halogens is 1. The zero-order valence-corrected chi connectivity index (χ0v) is 21.9. The molecule has 0 saturated heterocycles. The van der Waals surface area contributed by atoms with Crippen LogP contribution in [0.5, 0.6) is 5.75 Å². The highest BCUT2D eigenvalue weighted by atomic mass is 79.9. The van der Waals surface area contributed by atoms with Gasteiger partial charge in [-0.3, -0.25) is 30.6 Å². The van der Waals surface area contributed by atoms with E-state index < -0.39 is 11.8 Å². The Morgan fingerprint density at radius 3 is 2.18 bits per heavy atom. The van der Waals surface area contributed by atoms with Gasteiger partial charge in [0, 0.05) is 22.7 Å². The molecule has 0 heterocycles. The maximum absolute atomic E-state index is 12.5. The number of hydrazine groups is 1. The summed E-state index contributed by atoms with van der Waals surface area (Å²) < 4.78 is 6.38. The van der Waals surface area contributed by atoms with Crippen LogP contribution in [0.4, 0.5) is 5.69 Å². The van der Waals surface area contributed by atoms with Gasteiger partial charge in [-0.15, -0.1) is 0 Å². The van der Waals surface area contributed by atoms with Crippen molar-refractivity contribution in [1.82, 2.24) is 16.2 Å². The molecule has 0 fully saturated rings. The number of anilines is 1. The molecule has 10 heteroatoms. The van der Waals surface area contributed by atoms with Crippen LogP contribution in [0.2, 0.25) is 0 Å². The van der Waals surface area contributed by atoms with E-state index in [2.05, 4.69) is 51.3 Å². The minimum atomic E-state index is -0.455. The van der Waals surface area contributed by atoms with E-state index in [1.807, 2.05) is 0 Å². The van der Waals surface area contributed by atoms with Gasteiger partial charge in [-0.25, -0.2) is 0 Å². The molecule has 2 rings (SSSR count). The number of rotatable bonds is 8. The van der Waals surface area contributed by atoms with Crippen LogP contribution in [0.1, 0.15) is 54.8 Å². The Morgan fingerprint density at radius 1 is 0.941 bits per heavy atom. The summed E-state index contributed by atoms with van der Waals surface area (Å²) in [5, 5.41) is 5.19. The smallest absolute Gasteiger partial charge is 0.269 e. The summed E-state index contributed by atoms with van der Waals surface area (Å²) in [7, 11) is 0. The molecule has 0 radical (unpaired) electrons. The molecule has 0 saturated carbocycles. The quantitative estimate of drug-likeness (QED) is 0.287. The fourth-order valence-corrected chi connectivity index (χ4v) is 3.18. The van der Waals surface area contributed by atoms with E-state index in [0.717, 1.165) is 6.42 Å². The zero-order chi connectivity index (χ0) is 25.3. The molecule has 34 heavy (non-hydrogen) atoms. The molecule has 0 unspecified atom stereocenters. The van der Waals surface area contributed by atoms with Gasteiger partial charge in [0.25, 0.3) is 11.8 Å². The highest BCUT2D eigenvalue weighted by Crippen LogP contribution is 2.26. The van der Waals surface area contributed by atoms with Gasteiger partial charge < -0.3 is 10.1 Å². The molecule has 0 aliphatic heterocycles. The summed E-state index contributed by atoms with van der Waals surface area (Å²) in [5.41, 5.74) is 6.24. The van der Waals surface area contributed by atoms with Crippen molar-refractivity contribution in [3.8, 4) is 5.75 Å². The third kappa shape index (κ3) is 8.75. The Morgan fingerprint density at radius 2 is 1.59 bits per heavy atom. The van der Waals surface area contributed by atoms with E-state index in [1.165, 1.54) is 0 Å². The number of thiocarbonyl (C=S) groups is 1. The lowest BCUT2D eigenvalue weighted by atomic mass is 10.1. The summed E-state index contributed by atoms with van der Waals surface area (Å²) in [4.78, 5) is 36.5. The largest absolute Gasteiger partial charge is 0.492 e. The maximum Gasteiger partial charge on any atom is 0.269 e. The fraction of sp³-hybridized carbons (Fsp3) is 0.333. The van der Waals surface area contributed by atoms with Gasteiger partial charge in [-0.2, -0.15) is 0 Å². The maximum atomic E-state index is 12.5. The number of hydrogen-bond acceptors (Lipinski definition) is 5. The van der Waals surface area contributed by atoms with Gasteiger partial charge in [0.2, 0.25) is 5.91 Å². The van der Waals surface area contributed by atoms with Gasteiger partial charge in [-0.05, 0) is 83.0 Å². The number of hydrogen-bond donors (Lipinski definition) is 4. The lowest BCUT2D eigenvalue weighted by Gasteiger charge is -2.13. The molecule has 0 aliphatic carbocycles. The first-order valence-electron chi connectivity index (χ1n) is 10.8. The summed E-state index contributed by atoms with van der Waals surface area (Å²) in [6.07, 6.45) is 0.930. The molecular formula is C24H29BrN4O4S. The second kappa shape index (κ2) is 13.0. The summed E-state index contributed by atoms with van der Waals surface area (Å²) in [6.45, 7) is 8.42. The average Bonchev–Trinajstić information content (AvgIpc) is 2.78. The molecule has 4 N–H and O–H groups in total. The van der Waals surface area contributed by atoms with Crippen molar-refractivity contribution >= 4 is 56.7 Å². The molecular weight excluding hydrogens is 520 g/mol. The molecule has 0 atom stereocenters. The Balaban J connectivity index is 1.84.